The zero-order valence-electron chi connectivity index (χ0n) is 14.6. The van der Waals surface area contributed by atoms with E-state index >= 15 is 0 Å². The van der Waals surface area contributed by atoms with Gasteiger partial charge < -0.3 is 8.94 Å². The number of piperidine rings is 1. The lowest BCUT2D eigenvalue weighted by atomic mass is 9.95. The van der Waals surface area contributed by atoms with E-state index in [0.717, 1.165) is 49.0 Å². The van der Waals surface area contributed by atoms with Crippen molar-refractivity contribution in [2.75, 3.05) is 13.1 Å². The number of oxazole rings is 1. The third-order valence-electron chi connectivity index (χ3n) is 4.92. The van der Waals surface area contributed by atoms with Gasteiger partial charge in [-0.2, -0.15) is 4.98 Å². The molecule has 1 fully saturated rings. The minimum Gasteiger partial charge on any atom is -0.439 e. The molecule has 1 atom stereocenters. The minimum atomic E-state index is 0.158. The quantitative estimate of drug-likeness (QED) is 0.717. The van der Waals surface area contributed by atoms with E-state index in [1.54, 1.807) is 0 Å². The van der Waals surface area contributed by atoms with Crippen LogP contribution >= 0.6 is 0 Å². The normalized spacial score (nSPS) is 17.7. The van der Waals surface area contributed by atoms with Gasteiger partial charge in [-0.1, -0.05) is 35.5 Å². The number of likely N-dealkylation sites (tertiary alicyclic amines) is 1. The molecule has 0 bridgehead atoms. The second-order valence-corrected chi connectivity index (χ2v) is 6.59. The van der Waals surface area contributed by atoms with Gasteiger partial charge in [-0.25, -0.2) is 4.98 Å². The monoisotopic (exact) mass is 338 g/mol. The van der Waals surface area contributed by atoms with Crippen molar-refractivity contribution in [3.05, 3.63) is 54.1 Å². The van der Waals surface area contributed by atoms with Gasteiger partial charge >= 0.3 is 0 Å². The molecule has 130 valence electrons. The summed E-state index contributed by atoms with van der Waals surface area (Å²) in [7, 11) is 0. The largest absolute Gasteiger partial charge is 0.439 e. The van der Waals surface area contributed by atoms with Gasteiger partial charge in [0.1, 0.15) is 0 Å². The number of hydrogen-bond donors (Lipinski definition) is 0. The van der Waals surface area contributed by atoms with Gasteiger partial charge in [0.05, 0.1) is 12.2 Å². The van der Waals surface area contributed by atoms with Gasteiger partial charge in [-0.05, 0) is 32.9 Å². The van der Waals surface area contributed by atoms with Gasteiger partial charge in [0.2, 0.25) is 11.8 Å². The van der Waals surface area contributed by atoms with Crippen molar-refractivity contribution in [2.45, 2.75) is 38.6 Å². The Hall–Kier alpha value is -2.47. The van der Waals surface area contributed by atoms with Crippen molar-refractivity contribution in [3.63, 3.8) is 0 Å². The molecule has 25 heavy (non-hydrogen) atoms. The Morgan fingerprint density at radius 3 is 2.60 bits per heavy atom. The van der Waals surface area contributed by atoms with Crippen molar-refractivity contribution >= 4 is 0 Å². The lowest BCUT2D eigenvalue weighted by Gasteiger charge is -2.33. The predicted octanol–water partition coefficient (Wildman–Crippen LogP) is 3.97. The summed E-state index contributed by atoms with van der Waals surface area (Å²) in [6, 6.07) is 10.2. The molecule has 0 radical (unpaired) electrons. The molecule has 1 unspecified atom stereocenters. The van der Waals surface area contributed by atoms with E-state index in [-0.39, 0.29) is 6.04 Å². The van der Waals surface area contributed by atoms with Crippen LogP contribution in [0.5, 0.6) is 0 Å². The third-order valence-corrected chi connectivity index (χ3v) is 4.92. The number of aryl methyl sites for hydroxylation is 1. The Balaban J connectivity index is 1.41. The molecule has 3 heterocycles. The molecular formula is C19H22N4O2. The molecule has 3 aromatic rings. The van der Waals surface area contributed by atoms with E-state index in [9.17, 15) is 0 Å². The van der Waals surface area contributed by atoms with Gasteiger partial charge in [0, 0.05) is 18.4 Å². The highest BCUT2D eigenvalue weighted by Gasteiger charge is 2.28. The lowest BCUT2D eigenvalue weighted by molar-refractivity contribution is 0.141. The maximum absolute atomic E-state index is 6.01. The highest BCUT2D eigenvalue weighted by Crippen LogP contribution is 2.32. The standard InChI is InChI=1S/C19H22N4O2/c1-13(19-20-12-17(24-19)15-6-4-3-5-7-15)23-10-8-16(9-11-23)18-21-14(2)25-22-18/h3-7,12-13,16H,8-11H2,1-2H3. The summed E-state index contributed by atoms with van der Waals surface area (Å²) in [6.45, 7) is 5.94. The van der Waals surface area contributed by atoms with E-state index < -0.39 is 0 Å². The lowest BCUT2D eigenvalue weighted by Crippen LogP contribution is -2.35. The summed E-state index contributed by atoms with van der Waals surface area (Å²) < 4.78 is 11.1. The van der Waals surface area contributed by atoms with Crippen LogP contribution in [-0.4, -0.2) is 33.1 Å². The zero-order chi connectivity index (χ0) is 17.2. The van der Waals surface area contributed by atoms with Crippen LogP contribution in [0.25, 0.3) is 11.3 Å². The van der Waals surface area contributed by atoms with Crippen LogP contribution in [0.2, 0.25) is 0 Å². The fourth-order valence-electron chi connectivity index (χ4n) is 3.40. The first-order valence-corrected chi connectivity index (χ1v) is 8.76. The SMILES string of the molecule is Cc1nc(C2CCN(C(C)c3ncc(-c4ccccc4)o3)CC2)no1. The van der Waals surface area contributed by atoms with E-state index in [2.05, 4.69) is 26.9 Å². The summed E-state index contributed by atoms with van der Waals surface area (Å²) in [5.41, 5.74) is 1.06. The minimum absolute atomic E-state index is 0.158. The number of rotatable bonds is 4. The number of aromatic nitrogens is 3. The Morgan fingerprint density at radius 2 is 1.92 bits per heavy atom. The molecule has 2 aromatic heterocycles. The molecule has 1 saturated heterocycles. The Bertz CT molecular complexity index is 819. The number of nitrogens with zero attached hydrogens (tertiary/aromatic N) is 4. The Labute approximate surface area is 146 Å². The van der Waals surface area contributed by atoms with E-state index in [4.69, 9.17) is 8.94 Å². The van der Waals surface area contributed by atoms with Crippen LogP contribution in [0.1, 0.15) is 49.3 Å². The Kier molecular flexibility index (Phi) is 4.36. The third kappa shape index (κ3) is 3.35. The van der Waals surface area contributed by atoms with Crippen LogP contribution in [0.4, 0.5) is 0 Å². The summed E-state index contributed by atoms with van der Waals surface area (Å²) in [6.07, 6.45) is 3.86. The summed E-state index contributed by atoms with van der Waals surface area (Å²) >= 11 is 0. The van der Waals surface area contributed by atoms with E-state index in [1.807, 2.05) is 43.5 Å². The second kappa shape index (κ2) is 6.80. The smallest absolute Gasteiger partial charge is 0.223 e. The molecule has 6 nitrogen and oxygen atoms in total. The fraction of sp³-hybridized carbons (Fsp3) is 0.421. The predicted molar refractivity (Wildman–Crippen MR) is 92.9 cm³/mol. The molecule has 0 saturated carbocycles. The van der Waals surface area contributed by atoms with Gasteiger partial charge in [0.25, 0.3) is 0 Å². The molecule has 0 N–H and O–H groups in total. The van der Waals surface area contributed by atoms with Crippen LogP contribution in [0.3, 0.4) is 0 Å². The van der Waals surface area contributed by atoms with E-state index in [1.165, 1.54) is 0 Å². The highest BCUT2D eigenvalue weighted by atomic mass is 16.5. The average Bonchev–Trinajstić information content (AvgIpc) is 3.31. The maximum atomic E-state index is 6.01. The fourth-order valence-corrected chi connectivity index (χ4v) is 3.40. The highest BCUT2D eigenvalue weighted by molar-refractivity contribution is 5.55. The summed E-state index contributed by atoms with van der Waals surface area (Å²) in [4.78, 5) is 11.3. The van der Waals surface area contributed by atoms with Crippen molar-refractivity contribution in [3.8, 4) is 11.3 Å². The molecule has 1 aliphatic heterocycles. The van der Waals surface area contributed by atoms with Crippen molar-refractivity contribution in [2.24, 2.45) is 0 Å². The summed E-state index contributed by atoms with van der Waals surface area (Å²) in [5, 5.41) is 4.07. The number of hydrogen-bond acceptors (Lipinski definition) is 6. The topological polar surface area (TPSA) is 68.2 Å². The van der Waals surface area contributed by atoms with Crippen molar-refractivity contribution in [1.82, 2.24) is 20.0 Å². The van der Waals surface area contributed by atoms with Gasteiger partial charge in [-0.3, -0.25) is 4.90 Å². The summed E-state index contributed by atoms with van der Waals surface area (Å²) in [5.74, 6) is 3.45. The van der Waals surface area contributed by atoms with Crippen molar-refractivity contribution < 1.29 is 8.94 Å². The molecule has 6 heteroatoms. The molecule has 0 aliphatic carbocycles. The molecule has 0 spiro atoms. The van der Waals surface area contributed by atoms with Crippen LogP contribution in [0.15, 0.2) is 45.5 Å². The second-order valence-electron chi connectivity index (χ2n) is 6.59. The molecule has 1 aliphatic rings. The first-order valence-electron chi connectivity index (χ1n) is 8.76. The van der Waals surface area contributed by atoms with Gasteiger partial charge in [-0.15, -0.1) is 0 Å². The molecule has 0 amide bonds. The first kappa shape index (κ1) is 16.0. The maximum Gasteiger partial charge on any atom is 0.223 e. The molecular weight excluding hydrogens is 316 g/mol. The molecule has 1 aromatic carbocycles. The van der Waals surface area contributed by atoms with E-state index in [0.29, 0.717) is 11.8 Å². The van der Waals surface area contributed by atoms with Crippen LogP contribution in [-0.2, 0) is 0 Å². The van der Waals surface area contributed by atoms with Crippen LogP contribution in [0, 0.1) is 6.92 Å². The first-order chi connectivity index (χ1) is 12.2. The average molecular weight is 338 g/mol. The Morgan fingerprint density at radius 1 is 1.16 bits per heavy atom. The number of benzene rings is 1. The van der Waals surface area contributed by atoms with Crippen molar-refractivity contribution in [1.29, 1.82) is 0 Å². The molecule has 4 rings (SSSR count). The van der Waals surface area contributed by atoms with Gasteiger partial charge in [0.15, 0.2) is 11.6 Å². The van der Waals surface area contributed by atoms with Crippen LogP contribution < -0.4 is 0 Å². The zero-order valence-corrected chi connectivity index (χ0v) is 14.6.